The number of carbonyl (C=O) groups excluding carboxylic acids is 1. The molecule has 2 saturated heterocycles. The predicted molar refractivity (Wildman–Crippen MR) is 125 cm³/mol. The molecular formula is C22H32ClN7O2. The summed E-state index contributed by atoms with van der Waals surface area (Å²) < 4.78 is 6.04. The maximum absolute atomic E-state index is 12.7. The zero-order valence-corrected chi connectivity index (χ0v) is 19.4. The second-order valence-corrected chi connectivity index (χ2v) is 9.35. The predicted octanol–water partition coefficient (Wildman–Crippen LogP) is 1.85. The van der Waals surface area contributed by atoms with Crippen molar-refractivity contribution in [1.29, 1.82) is 0 Å². The van der Waals surface area contributed by atoms with Crippen LogP contribution in [0.25, 0.3) is 0 Å². The largest absolute Gasteiger partial charge is 0.368 e. The van der Waals surface area contributed by atoms with Crippen LogP contribution in [-0.2, 0) is 16.0 Å². The van der Waals surface area contributed by atoms with E-state index in [1.807, 2.05) is 26.0 Å². The summed E-state index contributed by atoms with van der Waals surface area (Å²) in [6.45, 7) is 6.76. The standard InChI is InChI=1S/C22H32ClN7O2/c1-14(2)25-20(31)19-12-30(18(13-32-19)11-15-3-5-16(23)6-4-15)17-7-9-29(10-8-17)22-26-21(24)27-28-22/h3-6,14,17-19H,7-13H2,1-2H3,(H,25,31)(H3,24,26,27,28)/t18-,19+/m0/s1. The van der Waals surface area contributed by atoms with Crippen molar-refractivity contribution < 1.29 is 9.53 Å². The van der Waals surface area contributed by atoms with E-state index >= 15 is 0 Å². The Labute approximate surface area is 193 Å². The maximum Gasteiger partial charge on any atom is 0.250 e. The summed E-state index contributed by atoms with van der Waals surface area (Å²) >= 11 is 6.06. The molecule has 10 heteroatoms. The minimum absolute atomic E-state index is 0.0375. The molecule has 0 aliphatic carbocycles. The third-order valence-electron chi connectivity index (χ3n) is 6.17. The minimum atomic E-state index is -0.453. The number of aromatic amines is 1. The number of hydrogen-bond acceptors (Lipinski definition) is 7. The van der Waals surface area contributed by atoms with Crippen molar-refractivity contribution >= 4 is 29.4 Å². The fourth-order valence-electron chi connectivity index (χ4n) is 4.59. The number of aromatic nitrogens is 3. The number of piperidine rings is 1. The second-order valence-electron chi connectivity index (χ2n) is 8.92. The number of carbonyl (C=O) groups is 1. The molecule has 3 heterocycles. The highest BCUT2D eigenvalue weighted by atomic mass is 35.5. The molecule has 4 rings (SSSR count). The zero-order valence-electron chi connectivity index (χ0n) is 18.6. The minimum Gasteiger partial charge on any atom is -0.368 e. The van der Waals surface area contributed by atoms with Crippen molar-refractivity contribution in [3.05, 3.63) is 34.9 Å². The molecule has 9 nitrogen and oxygen atoms in total. The molecular weight excluding hydrogens is 430 g/mol. The first-order chi connectivity index (χ1) is 15.4. The highest BCUT2D eigenvalue weighted by Crippen LogP contribution is 2.27. The summed E-state index contributed by atoms with van der Waals surface area (Å²) in [5.41, 5.74) is 6.90. The van der Waals surface area contributed by atoms with Crippen molar-refractivity contribution in [3.8, 4) is 0 Å². The van der Waals surface area contributed by atoms with Crippen LogP contribution in [0.4, 0.5) is 11.9 Å². The Balaban J connectivity index is 1.45. The molecule has 32 heavy (non-hydrogen) atoms. The van der Waals surface area contributed by atoms with Crippen LogP contribution in [0.5, 0.6) is 0 Å². The lowest BCUT2D eigenvalue weighted by Gasteiger charge is -2.46. The van der Waals surface area contributed by atoms with Gasteiger partial charge < -0.3 is 20.7 Å². The molecule has 2 aromatic rings. The average molecular weight is 462 g/mol. The Bertz CT molecular complexity index is 896. The Kier molecular flexibility index (Phi) is 7.17. The quantitative estimate of drug-likeness (QED) is 0.601. The van der Waals surface area contributed by atoms with Gasteiger partial charge in [0, 0.05) is 42.8 Å². The van der Waals surface area contributed by atoms with Crippen LogP contribution in [0.15, 0.2) is 24.3 Å². The number of morpholine rings is 1. The first-order valence-corrected chi connectivity index (χ1v) is 11.6. The van der Waals surface area contributed by atoms with Gasteiger partial charge >= 0.3 is 0 Å². The molecule has 0 radical (unpaired) electrons. The van der Waals surface area contributed by atoms with Crippen LogP contribution in [0.1, 0.15) is 32.3 Å². The number of amides is 1. The molecule has 0 unspecified atom stereocenters. The number of nitrogens with one attached hydrogen (secondary N) is 2. The SMILES string of the molecule is CC(C)NC(=O)[C@H]1CN(C2CCN(c3nnc(N)[nH]3)CC2)[C@@H](Cc2ccc(Cl)cc2)CO1. The van der Waals surface area contributed by atoms with Gasteiger partial charge in [0.05, 0.1) is 6.61 Å². The summed E-state index contributed by atoms with van der Waals surface area (Å²) in [5.74, 6) is 1.01. The molecule has 1 aromatic heterocycles. The van der Waals surface area contributed by atoms with E-state index in [4.69, 9.17) is 22.1 Å². The van der Waals surface area contributed by atoms with Crippen molar-refractivity contribution in [2.24, 2.45) is 0 Å². The van der Waals surface area contributed by atoms with Gasteiger partial charge in [-0.05, 0) is 50.8 Å². The number of benzene rings is 1. The van der Waals surface area contributed by atoms with Crippen molar-refractivity contribution in [1.82, 2.24) is 25.4 Å². The average Bonchev–Trinajstić information content (AvgIpc) is 3.21. The number of hydrogen-bond donors (Lipinski definition) is 3. The molecule has 2 atom stereocenters. The van der Waals surface area contributed by atoms with E-state index in [0.29, 0.717) is 25.1 Å². The Morgan fingerprint density at radius 1 is 1.28 bits per heavy atom. The second kappa shape index (κ2) is 10.1. The van der Waals surface area contributed by atoms with E-state index < -0.39 is 6.10 Å². The number of rotatable bonds is 6. The van der Waals surface area contributed by atoms with E-state index in [1.165, 1.54) is 5.56 Å². The summed E-state index contributed by atoms with van der Waals surface area (Å²) in [5, 5.41) is 11.7. The lowest BCUT2D eigenvalue weighted by Crippen LogP contribution is -2.60. The zero-order chi connectivity index (χ0) is 22.7. The molecule has 0 bridgehead atoms. The number of anilines is 2. The van der Waals surface area contributed by atoms with Gasteiger partial charge in [0.15, 0.2) is 0 Å². The fraction of sp³-hybridized carbons (Fsp3) is 0.591. The molecule has 2 fully saturated rings. The summed E-state index contributed by atoms with van der Waals surface area (Å²) in [4.78, 5) is 20.3. The van der Waals surface area contributed by atoms with Crippen molar-refractivity contribution in [2.45, 2.75) is 57.3 Å². The van der Waals surface area contributed by atoms with E-state index in [2.05, 4.69) is 42.4 Å². The lowest BCUT2D eigenvalue weighted by molar-refractivity contribution is -0.145. The van der Waals surface area contributed by atoms with E-state index in [0.717, 1.165) is 43.3 Å². The first kappa shape index (κ1) is 22.8. The van der Waals surface area contributed by atoms with Gasteiger partial charge in [-0.2, -0.15) is 0 Å². The summed E-state index contributed by atoms with van der Waals surface area (Å²) in [6.07, 6.45) is 2.34. The monoisotopic (exact) mass is 461 g/mol. The van der Waals surface area contributed by atoms with E-state index in [-0.39, 0.29) is 18.0 Å². The van der Waals surface area contributed by atoms with Gasteiger partial charge in [0.25, 0.3) is 5.91 Å². The van der Waals surface area contributed by atoms with Gasteiger partial charge in [-0.1, -0.05) is 23.7 Å². The molecule has 174 valence electrons. The molecule has 0 saturated carbocycles. The van der Waals surface area contributed by atoms with Crippen molar-refractivity contribution in [2.75, 3.05) is 36.9 Å². The summed E-state index contributed by atoms with van der Waals surface area (Å²) in [6, 6.07) is 8.63. The Morgan fingerprint density at radius 3 is 2.62 bits per heavy atom. The highest BCUT2D eigenvalue weighted by Gasteiger charge is 2.38. The maximum atomic E-state index is 12.7. The van der Waals surface area contributed by atoms with Gasteiger partial charge in [0.1, 0.15) is 6.10 Å². The van der Waals surface area contributed by atoms with Crippen LogP contribution in [0.2, 0.25) is 5.02 Å². The van der Waals surface area contributed by atoms with Crippen LogP contribution in [0, 0.1) is 0 Å². The number of H-pyrrole nitrogens is 1. The number of nitrogens with zero attached hydrogens (tertiary/aromatic N) is 4. The molecule has 2 aliphatic rings. The van der Waals surface area contributed by atoms with Crippen molar-refractivity contribution in [3.63, 3.8) is 0 Å². The number of ether oxygens (including phenoxy) is 1. The molecule has 4 N–H and O–H groups in total. The van der Waals surface area contributed by atoms with Gasteiger partial charge in [0.2, 0.25) is 11.9 Å². The lowest BCUT2D eigenvalue weighted by atomic mass is 9.96. The van der Waals surface area contributed by atoms with Crippen LogP contribution < -0.4 is 16.0 Å². The molecule has 2 aliphatic heterocycles. The Morgan fingerprint density at radius 2 is 2.00 bits per heavy atom. The molecule has 0 spiro atoms. The first-order valence-electron chi connectivity index (χ1n) is 11.2. The van der Waals surface area contributed by atoms with Crippen LogP contribution in [-0.4, -0.2) is 76.5 Å². The van der Waals surface area contributed by atoms with E-state index in [1.54, 1.807) is 0 Å². The summed E-state index contributed by atoms with van der Waals surface area (Å²) in [7, 11) is 0. The van der Waals surface area contributed by atoms with Gasteiger partial charge in [-0.15, -0.1) is 10.2 Å². The fourth-order valence-corrected chi connectivity index (χ4v) is 4.71. The van der Waals surface area contributed by atoms with Crippen LogP contribution in [0.3, 0.4) is 0 Å². The number of nitrogen functional groups attached to an aromatic ring is 1. The topological polar surface area (TPSA) is 112 Å². The third kappa shape index (κ3) is 5.51. The number of halogens is 1. The normalized spacial score (nSPS) is 22.9. The molecule has 1 aromatic carbocycles. The smallest absolute Gasteiger partial charge is 0.250 e. The third-order valence-corrected chi connectivity index (χ3v) is 6.42. The number of nitrogens with two attached hydrogens (primary N) is 1. The van der Waals surface area contributed by atoms with Gasteiger partial charge in [-0.3, -0.25) is 14.7 Å². The van der Waals surface area contributed by atoms with Crippen LogP contribution >= 0.6 is 11.6 Å². The van der Waals surface area contributed by atoms with E-state index in [9.17, 15) is 4.79 Å². The highest BCUT2D eigenvalue weighted by molar-refractivity contribution is 6.30. The molecule has 1 amide bonds. The van der Waals surface area contributed by atoms with Gasteiger partial charge in [-0.25, -0.2) is 0 Å². The Hall–Kier alpha value is -2.36.